The largest absolute Gasteiger partial charge is 0.439 e. The van der Waals surface area contributed by atoms with Gasteiger partial charge in [0.1, 0.15) is 5.75 Å². The maximum atomic E-state index is 12.5. The number of aromatic nitrogens is 1. The van der Waals surface area contributed by atoms with E-state index in [1.807, 2.05) is 7.05 Å². The molecule has 0 spiro atoms. The molecule has 2 aromatic rings. The first-order valence-electron chi connectivity index (χ1n) is 7.64. The van der Waals surface area contributed by atoms with Crippen LogP contribution in [0.2, 0.25) is 0 Å². The van der Waals surface area contributed by atoms with Gasteiger partial charge in [-0.3, -0.25) is 4.79 Å². The van der Waals surface area contributed by atoms with E-state index in [1.165, 1.54) is 0 Å². The van der Waals surface area contributed by atoms with Gasteiger partial charge in [-0.2, -0.15) is 13.2 Å². The monoisotopic (exact) mass is 425 g/mol. The highest BCUT2D eigenvalue weighted by atomic mass is 35.5. The summed E-state index contributed by atoms with van der Waals surface area (Å²) in [4.78, 5) is 15.5. The molecule has 2 N–H and O–H groups in total. The maximum Gasteiger partial charge on any atom is 0.417 e. The summed E-state index contributed by atoms with van der Waals surface area (Å²) in [6.45, 7) is 1.38. The molecule has 0 saturated carbocycles. The van der Waals surface area contributed by atoms with Crippen molar-refractivity contribution in [3.05, 3.63) is 53.7 Å². The number of rotatable bonds is 7. The van der Waals surface area contributed by atoms with Crippen molar-refractivity contribution >= 4 is 30.7 Å². The second kappa shape index (κ2) is 11.6. The third kappa shape index (κ3) is 8.03. The highest BCUT2D eigenvalue weighted by molar-refractivity contribution is 5.94. The molecular weight excluding hydrogens is 406 g/mol. The molecule has 1 heterocycles. The van der Waals surface area contributed by atoms with Gasteiger partial charge in [-0.1, -0.05) is 0 Å². The van der Waals surface area contributed by atoms with Crippen molar-refractivity contribution in [3.63, 3.8) is 0 Å². The highest BCUT2D eigenvalue weighted by Crippen LogP contribution is 2.30. The molecule has 2 rings (SSSR count). The number of amides is 1. The van der Waals surface area contributed by atoms with Crippen molar-refractivity contribution in [3.8, 4) is 11.6 Å². The fourth-order valence-electron chi connectivity index (χ4n) is 1.97. The molecule has 0 fully saturated rings. The van der Waals surface area contributed by atoms with Gasteiger partial charge in [0, 0.05) is 24.4 Å². The quantitative estimate of drug-likeness (QED) is 0.656. The van der Waals surface area contributed by atoms with E-state index >= 15 is 0 Å². The second-order valence-electron chi connectivity index (χ2n) is 5.22. The summed E-state index contributed by atoms with van der Waals surface area (Å²) < 4.78 is 42.8. The van der Waals surface area contributed by atoms with Crippen LogP contribution in [-0.2, 0) is 6.18 Å². The van der Waals surface area contributed by atoms with Crippen LogP contribution in [0.5, 0.6) is 11.6 Å². The van der Waals surface area contributed by atoms with Gasteiger partial charge in [0.05, 0.1) is 5.56 Å². The Balaban J connectivity index is 0.00000338. The molecule has 1 amide bonds. The maximum absolute atomic E-state index is 12.5. The zero-order valence-electron chi connectivity index (χ0n) is 14.4. The molecule has 0 aliphatic heterocycles. The fourth-order valence-corrected chi connectivity index (χ4v) is 1.97. The smallest absolute Gasteiger partial charge is 0.417 e. The molecule has 0 saturated heterocycles. The number of nitrogens with one attached hydrogen (secondary N) is 2. The first-order chi connectivity index (χ1) is 11.9. The summed E-state index contributed by atoms with van der Waals surface area (Å²) in [5.41, 5.74) is -0.373. The van der Waals surface area contributed by atoms with Crippen LogP contribution >= 0.6 is 24.8 Å². The van der Waals surface area contributed by atoms with Crippen LogP contribution in [0.1, 0.15) is 22.3 Å². The number of nitrogens with zero attached hydrogens (tertiary/aromatic N) is 1. The molecule has 10 heteroatoms. The van der Waals surface area contributed by atoms with Crippen LogP contribution in [0.4, 0.5) is 13.2 Å². The lowest BCUT2D eigenvalue weighted by Gasteiger charge is -2.09. The van der Waals surface area contributed by atoms with E-state index < -0.39 is 11.7 Å². The average Bonchev–Trinajstić information content (AvgIpc) is 2.59. The van der Waals surface area contributed by atoms with Crippen molar-refractivity contribution in [2.45, 2.75) is 12.6 Å². The molecule has 1 aromatic carbocycles. The minimum atomic E-state index is -4.44. The van der Waals surface area contributed by atoms with Crippen molar-refractivity contribution in [2.75, 3.05) is 20.1 Å². The first kappa shape index (κ1) is 25.0. The average molecular weight is 426 g/mol. The van der Waals surface area contributed by atoms with E-state index in [4.69, 9.17) is 4.74 Å². The Morgan fingerprint density at radius 3 is 2.26 bits per heavy atom. The van der Waals surface area contributed by atoms with E-state index in [0.29, 0.717) is 24.1 Å². The summed E-state index contributed by atoms with van der Waals surface area (Å²) in [5.74, 6) is 0.214. The number of carbonyl (C=O) groups is 1. The number of hydrogen-bond acceptors (Lipinski definition) is 4. The van der Waals surface area contributed by atoms with E-state index in [-0.39, 0.29) is 36.6 Å². The van der Waals surface area contributed by atoms with Crippen LogP contribution in [0.15, 0.2) is 42.6 Å². The molecule has 150 valence electrons. The summed E-state index contributed by atoms with van der Waals surface area (Å²) in [6, 6.07) is 8.31. The van der Waals surface area contributed by atoms with Crippen LogP contribution < -0.4 is 15.4 Å². The minimum absolute atomic E-state index is 0. The van der Waals surface area contributed by atoms with Gasteiger partial charge in [0.15, 0.2) is 0 Å². The standard InChI is InChI=1S/C17H18F3N3O2.2ClH/c1-21-9-2-10-22-16(24)12-3-6-14(7-4-12)25-15-8-5-13(11-23-15)17(18,19)20;;/h3-8,11,21H,2,9-10H2,1H3,(H,22,24);2*1H. The zero-order valence-corrected chi connectivity index (χ0v) is 16.0. The number of pyridine rings is 1. The number of alkyl halides is 3. The van der Waals surface area contributed by atoms with E-state index in [1.54, 1.807) is 24.3 Å². The second-order valence-corrected chi connectivity index (χ2v) is 5.22. The lowest BCUT2D eigenvalue weighted by molar-refractivity contribution is -0.137. The van der Waals surface area contributed by atoms with Gasteiger partial charge >= 0.3 is 6.18 Å². The van der Waals surface area contributed by atoms with Gasteiger partial charge in [-0.05, 0) is 50.3 Å². The predicted octanol–water partition coefficient (Wildman–Crippen LogP) is 4.08. The van der Waals surface area contributed by atoms with Gasteiger partial charge < -0.3 is 15.4 Å². The Bertz CT molecular complexity index is 696. The van der Waals surface area contributed by atoms with Crippen LogP contribution in [0, 0.1) is 0 Å². The van der Waals surface area contributed by atoms with Gasteiger partial charge in [0.2, 0.25) is 5.88 Å². The molecule has 1 aromatic heterocycles. The van der Waals surface area contributed by atoms with Crippen LogP contribution in [0.25, 0.3) is 0 Å². The molecular formula is C17H20Cl2F3N3O2. The molecule has 0 aliphatic carbocycles. The van der Waals surface area contributed by atoms with E-state index in [2.05, 4.69) is 15.6 Å². The van der Waals surface area contributed by atoms with Gasteiger partial charge in [-0.25, -0.2) is 4.98 Å². The fraction of sp³-hybridized carbons (Fsp3) is 0.294. The van der Waals surface area contributed by atoms with Crippen molar-refractivity contribution in [1.82, 2.24) is 15.6 Å². The Labute approximate surface area is 167 Å². The summed E-state index contributed by atoms with van der Waals surface area (Å²) in [7, 11) is 1.84. The molecule has 0 bridgehead atoms. The molecule has 0 atom stereocenters. The minimum Gasteiger partial charge on any atom is -0.439 e. The van der Waals surface area contributed by atoms with E-state index in [9.17, 15) is 18.0 Å². The Kier molecular flexibility index (Phi) is 10.8. The number of benzene rings is 1. The molecule has 27 heavy (non-hydrogen) atoms. The lowest BCUT2D eigenvalue weighted by Crippen LogP contribution is -2.26. The van der Waals surface area contributed by atoms with Crippen molar-refractivity contribution < 1.29 is 22.7 Å². The summed E-state index contributed by atoms with van der Waals surface area (Å²) >= 11 is 0. The third-order valence-corrected chi connectivity index (χ3v) is 3.29. The van der Waals surface area contributed by atoms with Crippen LogP contribution in [0.3, 0.4) is 0 Å². The van der Waals surface area contributed by atoms with Crippen molar-refractivity contribution in [1.29, 1.82) is 0 Å². The number of hydrogen-bond donors (Lipinski definition) is 2. The van der Waals surface area contributed by atoms with Gasteiger partial charge in [0.25, 0.3) is 5.91 Å². The van der Waals surface area contributed by atoms with Gasteiger partial charge in [-0.15, -0.1) is 24.8 Å². The SMILES string of the molecule is CNCCCNC(=O)c1ccc(Oc2ccc(C(F)(F)F)cn2)cc1.Cl.Cl. The van der Waals surface area contributed by atoms with Crippen molar-refractivity contribution in [2.24, 2.45) is 0 Å². The molecule has 0 radical (unpaired) electrons. The Morgan fingerprint density at radius 2 is 1.74 bits per heavy atom. The highest BCUT2D eigenvalue weighted by Gasteiger charge is 2.30. The Morgan fingerprint density at radius 1 is 1.07 bits per heavy atom. The predicted molar refractivity (Wildman–Crippen MR) is 101 cm³/mol. The van der Waals surface area contributed by atoms with Crippen LogP contribution in [-0.4, -0.2) is 31.0 Å². The molecule has 0 unspecified atom stereocenters. The number of carbonyl (C=O) groups excluding carboxylic acids is 1. The topological polar surface area (TPSA) is 63.2 Å². The molecule has 5 nitrogen and oxygen atoms in total. The zero-order chi connectivity index (χ0) is 18.3. The molecule has 0 aliphatic rings. The third-order valence-electron chi connectivity index (χ3n) is 3.29. The summed E-state index contributed by atoms with van der Waals surface area (Å²) in [5, 5.41) is 5.77. The lowest BCUT2D eigenvalue weighted by atomic mass is 10.2. The summed E-state index contributed by atoms with van der Waals surface area (Å²) in [6.07, 6.45) is -2.90. The normalized spacial score (nSPS) is 10.4. The number of halogens is 5. The number of ether oxygens (including phenoxy) is 1. The Hall–Kier alpha value is -2.03. The first-order valence-corrected chi connectivity index (χ1v) is 7.64. The van der Waals surface area contributed by atoms with E-state index in [0.717, 1.165) is 25.1 Å².